The lowest BCUT2D eigenvalue weighted by Crippen LogP contribution is -2.40. The van der Waals surface area contributed by atoms with E-state index < -0.39 is 5.41 Å². The fraction of sp³-hybridized carbons (Fsp3) is 0.364. The Kier molecular flexibility index (Phi) is 5.19. The van der Waals surface area contributed by atoms with E-state index in [0.717, 1.165) is 12.8 Å². The third-order valence-electron chi connectivity index (χ3n) is 5.19. The third kappa shape index (κ3) is 3.96. The van der Waals surface area contributed by atoms with Crippen molar-refractivity contribution < 1.29 is 19.1 Å². The molecule has 1 fully saturated rings. The van der Waals surface area contributed by atoms with E-state index in [0.29, 0.717) is 49.8 Å². The summed E-state index contributed by atoms with van der Waals surface area (Å²) in [5.74, 6) is 0.834. The molecule has 1 saturated carbocycles. The van der Waals surface area contributed by atoms with E-state index >= 15 is 0 Å². The minimum atomic E-state index is -0.944. The zero-order valence-electron chi connectivity index (χ0n) is 15.7. The van der Waals surface area contributed by atoms with Gasteiger partial charge in [-0.25, -0.2) is 0 Å². The number of nitrogens with one attached hydrogen (secondary N) is 2. The molecule has 0 bridgehead atoms. The molecule has 0 radical (unpaired) electrons. The Balaban J connectivity index is 1.29. The van der Waals surface area contributed by atoms with Crippen molar-refractivity contribution in [2.75, 3.05) is 25.1 Å². The summed E-state index contributed by atoms with van der Waals surface area (Å²) in [6, 6.07) is 15.4. The van der Waals surface area contributed by atoms with Gasteiger partial charge in [-0.15, -0.1) is 0 Å². The van der Waals surface area contributed by atoms with Crippen molar-refractivity contribution in [1.29, 1.82) is 0 Å². The second-order valence-electron chi connectivity index (χ2n) is 7.24. The molecular weight excluding hydrogens is 356 g/mol. The van der Waals surface area contributed by atoms with Crippen molar-refractivity contribution in [3.63, 3.8) is 0 Å². The van der Waals surface area contributed by atoms with Crippen molar-refractivity contribution in [1.82, 2.24) is 5.32 Å². The van der Waals surface area contributed by atoms with Crippen LogP contribution in [-0.2, 0) is 16.0 Å². The molecule has 2 aromatic rings. The van der Waals surface area contributed by atoms with Gasteiger partial charge in [-0.3, -0.25) is 9.59 Å². The lowest BCUT2D eigenvalue weighted by Gasteiger charge is -2.20. The summed E-state index contributed by atoms with van der Waals surface area (Å²) in [5, 5.41) is 5.78. The molecule has 0 spiro atoms. The minimum absolute atomic E-state index is 0.185. The Morgan fingerprint density at radius 1 is 0.929 bits per heavy atom. The third-order valence-corrected chi connectivity index (χ3v) is 5.19. The Labute approximate surface area is 164 Å². The standard InChI is InChI=1S/C22H24N2O4/c25-20(23-12-4-7-16-5-2-1-3-6-16)22(10-11-22)21(26)24-17-8-9-18-19(15-17)28-14-13-27-18/h1-3,5-6,8-9,15H,4,7,10-14H2,(H,23,25)(H,24,26). The number of hydrogen-bond acceptors (Lipinski definition) is 4. The number of ether oxygens (including phenoxy) is 2. The first-order valence-electron chi connectivity index (χ1n) is 9.71. The Hall–Kier alpha value is -3.02. The van der Waals surface area contributed by atoms with Crippen molar-refractivity contribution in [2.45, 2.75) is 25.7 Å². The normalized spacial score (nSPS) is 16.1. The lowest BCUT2D eigenvalue weighted by molar-refractivity contribution is -0.134. The summed E-state index contributed by atoms with van der Waals surface area (Å²) in [7, 11) is 0. The molecule has 2 aromatic carbocycles. The predicted octanol–water partition coefficient (Wildman–Crippen LogP) is 2.93. The summed E-state index contributed by atoms with van der Waals surface area (Å²) in [5.41, 5.74) is 0.909. The van der Waals surface area contributed by atoms with Crippen LogP contribution in [0.15, 0.2) is 48.5 Å². The number of benzene rings is 2. The summed E-state index contributed by atoms with van der Waals surface area (Å²) >= 11 is 0. The molecule has 0 aromatic heterocycles. The van der Waals surface area contributed by atoms with Crippen LogP contribution in [0.2, 0.25) is 0 Å². The highest BCUT2D eigenvalue weighted by molar-refractivity contribution is 6.13. The van der Waals surface area contributed by atoms with Gasteiger partial charge in [0.15, 0.2) is 11.5 Å². The number of fused-ring (bicyclic) bond motifs is 1. The van der Waals surface area contributed by atoms with Crippen molar-refractivity contribution in [2.24, 2.45) is 5.41 Å². The minimum Gasteiger partial charge on any atom is -0.486 e. The highest BCUT2D eigenvalue weighted by Gasteiger charge is 2.56. The predicted molar refractivity (Wildman–Crippen MR) is 106 cm³/mol. The van der Waals surface area contributed by atoms with Crippen LogP contribution in [0.5, 0.6) is 11.5 Å². The molecule has 2 amide bonds. The van der Waals surface area contributed by atoms with Crippen LogP contribution in [0, 0.1) is 5.41 Å². The van der Waals surface area contributed by atoms with E-state index in [1.165, 1.54) is 5.56 Å². The average molecular weight is 380 g/mol. The molecule has 6 nitrogen and oxygen atoms in total. The number of aryl methyl sites for hydroxylation is 1. The van der Waals surface area contributed by atoms with Crippen LogP contribution < -0.4 is 20.1 Å². The van der Waals surface area contributed by atoms with Gasteiger partial charge in [-0.1, -0.05) is 30.3 Å². The molecule has 1 aliphatic heterocycles. The van der Waals surface area contributed by atoms with Gasteiger partial charge in [-0.2, -0.15) is 0 Å². The summed E-state index contributed by atoms with van der Waals surface area (Å²) < 4.78 is 11.0. The average Bonchev–Trinajstić information content (AvgIpc) is 3.54. The number of anilines is 1. The molecule has 2 aliphatic rings. The highest BCUT2D eigenvalue weighted by atomic mass is 16.6. The van der Waals surface area contributed by atoms with E-state index in [1.807, 2.05) is 18.2 Å². The molecule has 146 valence electrons. The monoisotopic (exact) mass is 380 g/mol. The number of carbonyl (C=O) groups excluding carboxylic acids is 2. The Morgan fingerprint density at radius 2 is 1.68 bits per heavy atom. The molecule has 6 heteroatoms. The van der Waals surface area contributed by atoms with E-state index in [2.05, 4.69) is 22.8 Å². The van der Waals surface area contributed by atoms with Crippen LogP contribution in [0.1, 0.15) is 24.8 Å². The Morgan fingerprint density at radius 3 is 2.43 bits per heavy atom. The van der Waals surface area contributed by atoms with Gasteiger partial charge in [0, 0.05) is 18.3 Å². The van der Waals surface area contributed by atoms with E-state index in [-0.39, 0.29) is 11.8 Å². The molecule has 0 saturated heterocycles. The number of carbonyl (C=O) groups is 2. The first-order chi connectivity index (χ1) is 13.7. The maximum Gasteiger partial charge on any atom is 0.240 e. The number of amides is 2. The van der Waals surface area contributed by atoms with E-state index in [1.54, 1.807) is 18.2 Å². The lowest BCUT2D eigenvalue weighted by atomic mass is 10.0. The molecule has 0 unspecified atom stereocenters. The zero-order chi connectivity index (χ0) is 19.4. The topological polar surface area (TPSA) is 76.7 Å². The molecular formula is C22H24N2O4. The molecule has 2 N–H and O–H groups in total. The van der Waals surface area contributed by atoms with Crippen molar-refractivity contribution >= 4 is 17.5 Å². The van der Waals surface area contributed by atoms with Crippen LogP contribution in [0.25, 0.3) is 0 Å². The van der Waals surface area contributed by atoms with Gasteiger partial charge >= 0.3 is 0 Å². The van der Waals surface area contributed by atoms with Gasteiger partial charge in [0.1, 0.15) is 18.6 Å². The van der Waals surface area contributed by atoms with Gasteiger partial charge in [0.05, 0.1) is 0 Å². The second-order valence-corrected chi connectivity index (χ2v) is 7.24. The molecule has 0 atom stereocenters. The zero-order valence-corrected chi connectivity index (χ0v) is 15.7. The molecule has 1 heterocycles. The first kappa shape index (κ1) is 18.3. The largest absolute Gasteiger partial charge is 0.486 e. The van der Waals surface area contributed by atoms with Crippen LogP contribution >= 0.6 is 0 Å². The Bertz CT molecular complexity index is 862. The fourth-order valence-corrected chi connectivity index (χ4v) is 3.36. The highest BCUT2D eigenvalue weighted by Crippen LogP contribution is 2.47. The van der Waals surface area contributed by atoms with Gasteiger partial charge < -0.3 is 20.1 Å². The van der Waals surface area contributed by atoms with E-state index in [9.17, 15) is 9.59 Å². The molecule has 28 heavy (non-hydrogen) atoms. The quantitative estimate of drug-likeness (QED) is 0.572. The van der Waals surface area contributed by atoms with Gasteiger partial charge in [0.2, 0.25) is 11.8 Å². The van der Waals surface area contributed by atoms with Crippen LogP contribution in [-0.4, -0.2) is 31.6 Å². The van der Waals surface area contributed by atoms with Crippen LogP contribution in [0.3, 0.4) is 0 Å². The smallest absolute Gasteiger partial charge is 0.240 e. The first-order valence-corrected chi connectivity index (χ1v) is 9.71. The molecule has 1 aliphatic carbocycles. The summed E-state index contributed by atoms with van der Waals surface area (Å²) in [6.07, 6.45) is 2.90. The number of hydrogen-bond donors (Lipinski definition) is 2. The van der Waals surface area contributed by atoms with Gasteiger partial charge in [0.25, 0.3) is 0 Å². The molecule has 4 rings (SSSR count). The van der Waals surface area contributed by atoms with Crippen molar-refractivity contribution in [3.8, 4) is 11.5 Å². The summed E-state index contributed by atoms with van der Waals surface area (Å²) in [6.45, 7) is 1.57. The maximum absolute atomic E-state index is 12.7. The van der Waals surface area contributed by atoms with E-state index in [4.69, 9.17) is 9.47 Å². The maximum atomic E-state index is 12.7. The fourth-order valence-electron chi connectivity index (χ4n) is 3.36. The van der Waals surface area contributed by atoms with Crippen molar-refractivity contribution in [3.05, 3.63) is 54.1 Å². The summed E-state index contributed by atoms with van der Waals surface area (Å²) in [4.78, 5) is 25.3. The SMILES string of the molecule is O=C(NCCCc1ccccc1)C1(C(=O)Nc2ccc3c(c2)OCCO3)CC1. The number of rotatable bonds is 7. The van der Waals surface area contributed by atoms with Crippen LogP contribution in [0.4, 0.5) is 5.69 Å². The second kappa shape index (κ2) is 7.92. The van der Waals surface area contributed by atoms with Gasteiger partial charge in [-0.05, 0) is 43.4 Å².